The molecule has 2 heterocycles. The highest BCUT2D eigenvalue weighted by Crippen LogP contribution is 2.14. The number of carbonyl (C=O) groups is 1. The second-order valence-electron chi connectivity index (χ2n) is 4.20. The lowest BCUT2D eigenvalue weighted by Crippen LogP contribution is -2.23. The summed E-state index contributed by atoms with van der Waals surface area (Å²) in [6, 6.07) is 7.22. The molecule has 0 aliphatic heterocycles. The number of rotatable bonds is 6. The maximum absolute atomic E-state index is 11.6. The van der Waals surface area contributed by atoms with Crippen LogP contribution in [0, 0.1) is 12.3 Å². The van der Waals surface area contributed by atoms with Crippen molar-refractivity contribution >= 4 is 27.7 Å². The van der Waals surface area contributed by atoms with E-state index in [1.165, 1.54) is 6.20 Å². The summed E-state index contributed by atoms with van der Waals surface area (Å²) in [5, 5.41) is 5.74. The van der Waals surface area contributed by atoms with Gasteiger partial charge in [0.1, 0.15) is 11.6 Å². The smallest absolute Gasteiger partial charge is 0.253 e. The van der Waals surface area contributed by atoms with Gasteiger partial charge in [-0.25, -0.2) is 4.98 Å². The van der Waals surface area contributed by atoms with Crippen molar-refractivity contribution in [2.75, 3.05) is 18.4 Å². The first-order valence-corrected chi connectivity index (χ1v) is 7.14. The van der Waals surface area contributed by atoms with Crippen molar-refractivity contribution in [3.63, 3.8) is 0 Å². The SMILES string of the molecule is C#CCNC(=O)c1ccc(NCCc2ccc(Br)o2)nc1. The monoisotopic (exact) mass is 347 g/mol. The summed E-state index contributed by atoms with van der Waals surface area (Å²) in [6.45, 7) is 0.896. The van der Waals surface area contributed by atoms with Gasteiger partial charge >= 0.3 is 0 Å². The van der Waals surface area contributed by atoms with Crippen molar-refractivity contribution < 1.29 is 9.21 Å². The predicted molar refractivity (Wildman–Crippen MR) is 84.0 cm³/mol. The topological polar surface area (TPSA) is 67.2 Å². The number of terminal acetylenes is 1. The fourth-order valence-corrected chi connectivity index (χ4v) is 2.01. The number of hydrogen-bond donors (Lipinski definition) is 2. The number of pyridine rings is 1. The van der Waals surface area contributed by atoms with Crippen molar-refractivity contribution in [3.05, 3.63) is 46.5 Å². The van der Waals surface area contributed by atoms with Crippen molar-refractivity contribution in [2.45, 2.75) is 6.42 Å². The molecule has 0 unspecified atom stereocenters. The van der Waals surface area contributed by atoms with E-state index in [-0.39, 0.29) is 12.5 Å². The van der Waals surface area contributed by atoms with Crippen LogP contribution in [0.25, 0.3) is 0 Å². The zero-order valence-corrected chi connectivity index (χ0v) is 12.8. The largest absolute Gasteiger partial charge is 0.454 e. The first-order chi connectivity index (χ1) is 10.2. The van der Waals surface area contributed by atoms with Gasteiger partial charge in [-0.2, -0.15) is 0 Å². The highest BCUT2D eigenvalue weighted by molar-refractivity contribution is 9.10. The van der Waals surface area contributed by atoms with E-state index in [0.29, 0.717) is 17.9 Å². The number of hydrogen-bond acceptors (Lipinski definition) is 4. The molecule has 0 fully saturated rings. The molecule has 2 N–H and O–H groups in total. The molecule has 0 aliphatic carbocycles. The van der Waals surface area contributed by atoms with Crippen LogP contribution in [-0.4, -0.2) is 24.0 Å². The zero-order chi connectivity index (χ0) is 15.1. The highest BCUT2D eigenvalue weighted by Gasteiger charge is 2.05. The van der Waals surface area contributed by atoms with Gasteiger partial charge in [0.05, 0.1) is 12.1 Å². The average molecular weight is 348 g/mol. The van der Waals surface area contributed by atoms with E-state index >= 15 is 0 Å². The average Bonchev–Trinajstić information content (AvgIpc) is 2.91. The summed E-state index contributed by atoms with van der Waals surface area (Å²) >= 11 is 3.26. The van der Waals surface area contributed by atoms with E-state index in [0.717, 1.165) is 16.9 Å². The zero-order valence-electron chi connectivity index (χ0n) is 11.2. The molecule has 0 aliphatic rings. The minimum atomic E-state index is -0.229. The standard InChI is InChI=1S/C15H14BrN3O2/c1-2-8-18-15(20)11-3-6-14(19-10-11)17-9-7-12-4-5-13(16)21-12/h1,3-6,10H,7-9H2,(H,17,19)(H,18,20). The second-order valence-corrected chi connectivity index (χ2v) is 4.98. The van der Waals surface area contributed by atoms with Gasteiger partial charge in [0.25, 0.3) is 5.91 Å². The molecule has 5 nitrogen and oxygen atoms in total. The number of nitrogens with one attached hydrogen (secondary N) is 2. The molecule has 0 atom stereocenters. The fourth-order valence-electron chi connectivity index (χ4n) is 1.67. The van der Waals surface area contributed by atoms with Crippen LogP contribution in [0.4, 0.5) is 5.82 Å². The van der Waals surface area contributed by atoms with E-state index < -0.39 is 0 Å². The van der Waals surface area contributed by atoms with Crippen LogP contribution in [0.5, 0.6) is 0 Å². The van der Waals surface area contributed by atoms with Crippen molar-refractivity contribution in [3.8, 4) is 12.3 Å². The van der Waals surface area contributed by atoms with E-state index in [4.69, 9.17) is 10.8 Å². The van der Waals surface area contributed by atoms with Crippen LogP contribution in [-0.2, 0) is 6.42 Å². The van der Waals surface area contributed by atoms with Crippen molar-refractivity contribution in [1.82, 2.24) is 10.3 Å². The van der Waals surface area contributed by atoms with Gasteiger partial charge in [-0.1, -0.05) is 5.92 Å². The number of furan rings is 1. The Morgan fingerprint density at radius 3 is 2.86 bits per heavy atom. The van der Waals surface area contributed by atoms with Crippen molar-refractivity contribution in [2.24, 2.45) is 0 Å². The number of carbonyl (C=O) groups excluding carboxylic acids is 1. The number of halogens is 1. The van der Waals surface area contributed by atoms with Crippen LogP contribution in [0.3, 0.4) is 0 Å². The lowest BCUT2D eigenvalue weighted by molar-refractivity contribution is 0.0958. The molecular formula is C15H14BrN3O2. The first-order valence-electron chi connectivity index (χ1n) is 6.35. The number of amides is 1. The Hall–Kier alpha value is -2.26. The fraction of sp³-hybridized carbons (Fsp3) is 0.200. The Kier molecular flexibility index (Phi) is 5.41. The Balaban J connectivity index is 1.82. The summed E-state index contributed by atoms with van der Waals surface area (Å²) in [5.74, 6) is 3.71. The van der Waals surface area contributed by atoms with Crippen LogP contribution >= 0.6 is 15.9 Å². The molecule has 0 radical (unpaired) electrons. The van der Waals surface area contributed by atoms with Gasteiger partial charge < -0.3 is 15.1 Å². The van der Waals surface area contributed by atoms with Crippen LogP contribution < -0.4 is 10.6 Å². The molecule has 2 aromatic rings. The third kappa shape index (κ3) is 4.65. The van der Waals surface area contributed by atoms with E-state index in [2.05, 4.69) is 37.5 Å². The third-order valence-corrected chi connectivity index (χ3v) is 3.11. The van der Waals surface area contributed by atoms with Crippen LogP contribution in [0.2, 0.25) is 0 Å². The second kappa shape index (κ2) is 7.50. The maximum atomic E-state index is 11.6. The minimum Gasteiger partial charge on any atom is -0.454 e. The summed E-state index contributed by atoms with van der Waals surface area (Å²) in [6.07, 6.45) is 7.34. The Morgan fingerprint density at radius 2 is 2.24 bits per heavy atom. The molecule has 0 saturated carbocycles. The number of anilines is 1. The molecular weight excluding hydrogens is 334 g/mol. The predicted octanol–water partition coefficient (Wildman–Crippen LogP) is 2.45. The lowest BCUT2D eigenvalue weighted by Gasteiger charge is -2.05. The summed E-state index contributed by atoms with van der Waals surface area (Å²) in [7, 11) is 0. The molecule has 21 heavy (non-hydrogen) atoms. The molecule has 2 aromatic heterocycles. The summed E-state index contributed by atoms with van der Waals surface area (Å²) in [4.78, 5) is 15.8. The van der Waals surface area contributed by atoms with Gasteiger partial charge in [0.15, 0.2) is 4.67 Å². The molecule has 0 bridgehead atoms. The molecule has 1 amide bonds. The Labute approximate surface area is 131 Å². The van der Waals surface area contributed by atoms with E-state index in [1.54, 1.807) is 12.1 Å². The van der Waals surface area contributed by atoms with Gasteiger partial charge in [0.2, 0.25) is 0 Å². The Bertz CT molecular complexity index is 644. The van der Waals surface area contributed by atoms with Gasteiger partial charge in [-0.15, -0.1) is 6.42 Å². The van der Waals surface area contributed by atoms with Crippen molar-refractivity contribution in [1.29, 1.82) is 0 Å². The number of nitrogens with zero attached hydrogens (tertiary/aromatic N) is 1. The van der Waals surface area contributed by atoms with Crippen LogP contribution in [0.1, 0.15) is 16.1 Å². The minimum absolute atomic E-state index is 0.206. The van der Waals surface area contributed by atoms with Gasteiger partial charge in [0, 0.05) is 19.2 Å². The van der Waals surface area contributed by atoms with Crippen LogP contribution in [0.15, 0.2) is 39.5 Å². The third-order valence-electron chi connectivity index (χ3n) is 2.68. The van der Waals surface area contributed by atoms with E-state index in [1.807, 2.05) is 12.1 Å². The number of aromatic nitrogens is 1. The Morgan fingerprint density at radius 1 is 1.38 bits per heavy atom. The molecule has 0 aromatic carbocycles. The maximum Gasteiger partial charge on any atom is 0.253 e. The first kappa shape index (κ1) is 15.1. The highest BCUT2D eigenvalue weighted by atomic mass is 79.9. The lowest BCUT2D eigenvalue weighted by atomic mass is 10.2. The molecule has 6 heteroatoms. The summed E-state index contributed by atoms with van der Waals surface area (Å²) < 4.78 is 6.12. The summed E-state index contributed by atoms with van der Waals surface area (Å²) in [5.41, 5.74) is 0.478. The quantitative estimate of drug-likeness (QED) is 0.787. The molecule has 0 spiro atoms. The van der Waals surface area contributed by atoms with E-state index in [9.17, 15) is 4.79 Å². The normalized spacial score (nSPS) is 9.90. The van der Waals surface area contributed by atoms with Gasteiger partial charge in [-0.3, -0.25) is 4.79 Å². The molecule has 108 valence electrons. The molecule has 0 saturated heterocycles. The van der Waals surface area contributed by atoms with Gasteiger partial charge in [-0.05, 0) is 40.2 Å². The molecule has 2 rings (SSSR count).